The van der Waals surface area contributed by atoms with Gasteiger partial charge in [0.25, 0.3) is 0 Å². The lowest BCUT2D eigenvalue weighted by Crippen LogP contribution is -1.66. The summed E-state index contributed by atoms with van der Waals surface area (Å²) in [6, 6.07) is 1.83. The molecule has 2 aromatic rings. The van der Waals surface area contributed by atoms with Crippen LogP contribution in [0.2, 0.25) is 0 Å². The Kier molecular flexibility index (Phi) is 6.29. The van der Waals surface area contributed by atoms with Gasteiger partial charge in [-0.25, -0.2) is 0 Å². The second-order valence-electron chi connectivity index (χ2n) is 1.66. The van der Waals surface area contributed by atoms with Crippen LogP contribution in [0.25, 0.3) is 0 Å². The highest BCUT2D eigenvalue weighted by atomic mass is 15.1. The standard InChI is InChI=1S/C4H4N2.C3H4N2.H3N/c1-2-6-4-3-5-1;1-2-4-5-3-1;/h1-4H;1-3H,(H,4,5);1H3. The summed E-state index contributed by atoms with van der Waals surface area (Å²) in [6.07, 6.45) is 10.0. The van der Waals surface area contributed by atoms with Gasteiger partial charge in [0.15, 0.2) is 0 Å². The van der Waals surface area contributed by atoms with Crippen LogP contribution in [0.5, 0.6) is 0 Å². The van der Waals surface area contributed by atoms with Crippen molar-refractivity contribution >= 4 is 0 Å². The lowest BCUT2D eigenvalue weighted by molar-refractivity contribution is 1.09. The smallest absolute Gasteiger partial charge is 0.0487 e. The van der Waals surface area contributed by atoms with E-state index >= 15 is 0 Å². The topological polar surface area (TPSA) is 89.5 Å². The lowest BCUT2D eigenvalue weighted by Gasteiger charge is -1.70. The molecule has 64 valence electrons. The van der Waals surface area contributed by atoms with Crippen molar-refractivity contribution in [3.05, 3.63) is 43.2 Å². The molecule has 0 atom stereocenters. The summed E-state index contributed by atoms with van der Waals surface area (Å²) in [6.45, 7) is 0. The van der Waals surface area contributed by atoms with Gasteiger partial charge in [0, 0.05) is 37.2 Å². The predicted molar refractivity (Wildman–Crippen MR) is 45.6 cm³/mol. The SMILES string of the molecule is N.c1cn[nH]c1.c1cnccn1. The van der Waals surface area contributed by atoms with E-state index in [0.717, 1.165) is 0 Å². The molecule has 5 nitrogen and oxygen atoms in total. The minimum Gasteiger partial charge on any atom is -0.344 e. The molecule has 0 aliphatic heterocycles. The number of nitrogens with one attached hydrogen (secondary N) is 1. The van der Waals surface area contributed by atoms with E-state index in [-0.39, 0.29) is 6.15 Å². The Hall–Kier alpha value is -1.75. The van der Waals surface area contributed by atoms with Gasteiger partial charge in [-0.2, -0.15) is 5.10 Å². The molecular formula is C7H11N5. The van der Waals surface area contributed by atoms with Gasteiger partial charge in [-0.3, -0.25) is 15.1 Å². The summed E-state index contributed by atoms with van der Waals surface area (Å²) in [5.41, 5.74) is 0. The second-order valence-corrected chi connectivity index (χ2v) is 1.66. The van der Waals surface area contributed by atoms with Crippen molar-refractivity contribution < 1.29 is 0 Å². The van der Waals surface area contributed by atoms with Gasteiger partial charge in [0.2, 0.25) is 0 Å². The van der Waals surface area contributed by atoms with Crippen LogP contribution in [0, 0.1) is 0 Å². The van der Waals surface area contributed by atoms with Crippen molar-refractivity contribution in [1.82, 2.24) is 26.3 Å². The van der Waals surface area contributed by atoms with Crippen LogP contribution in [0.4, 0.5) is 0 Å². The first-order valence-corrected chi connectivity index (χ1v) is 3.14. The van der Waals surface area contributed by atoms with E-state index < -0.39 is 0 Å². The normalized spacial score (nSPS) is 7.33. The largest absolute Gasteiger partial charge is 0.344 e. The zero-order chi connectivity index (χ0) is 7.78. The molecule has 2 rings (SSSR count). The molecule has 0 bridgehead atoms. The van der Waals surface area contributed by atoms with E-state index in [1.54, 1.807) is 37.2 Å². The maximum absolute atomic E-state index is 3.72. The minimum atomic E-state index is 0. The number of H-pyrrole nitrogens is 1. The average Bonchev–Trinajstić information content (AvgIpc) is 2.64. The lowest BCUT2D eigenvalue weighted by atomic mass is 10.8. The summed E-state index contributed by atoms with van der Waals surface area (Å²) in [5, 5.41) is 6.21. The van der Waals surface area contributed by atoms with Gasteiger partial charge in [-0.15, -0.1) is 0 Å². The van der Waals surface area contributed by atoms with Crippen LogP contribution in [-0.4, -0.2) is 20.2 Å². The van der Waals surface area contributed by atoms with E-state index in [1.165, 1.54) is 0 Å². The Bertz CT molecular complexity index is 198. The van der Waals surface area contributed by atoms with Crippen molar-refractivity contribution in [2.75, 3.05) is 0 Å². The molecule has 5 heteroatoms. The molecule has 0 unspecified atom stereocenters. The van der Waals surface area contributed by atoms with Crippen LogP contribution in [0.3, 0.4) is 0 Å². The third-order valence-electron chi connectivity index (χ3n) is 0.883. The molecule has 2 aromatic heterocycles. The van der Waals surface area contributed by atoms with E-state index in [0.29, 0.717) is 0 Å². The number of nitrogens with zero attached hydrogens (tertiary/aromatic N) is 3. The van der Waals surface area contributed by atoms with Gasteiger partial charge in [0.05, 0.1) is 0 Å². The van der Waals surface area contributed by atoms with E-state index in [9.17, 15) is 0 Å². The van der Waals surface area contributed by atoms with Crippen LogP contribution in [-0.2, 0) is 0 Å². The third-order valence-corrected chi connectivity index (χ3v) is 0.883. The summed E-state index contributed by atoms with van der Waals surface area (Å²) < 4.78 is 0. The van der Waals surface area contributed by atoms with Crippen LogP contribution in [0.1, 0.15) is 0 Å². The van der Waals surface area contributed by atoms with E-state index in [2.05, 4.69) is 20.2 Å². The molecule has 0 aromatic carbocycles. The molecule has 0 saturated heterocycles. The highest BCUT2D eigenvalue weighted by molar-refractivity contribution is 4.72. The van der Waals surface area contributed by atoms with E-state index in [1.807, 2.05) is 6.07 Å². The summed E-state index contributed by atoms with van der Waals surface area (Å²) >= 11 is 0. The molecule has 0 saturated carbocycles. The minimum absolute atomic E-state index is 0. The molecule has 4 N–H and O–H groups in total. The molecule has 0 fully saturated rings. The third kappa shape index (κ3) is 5.07. The first kappa shape index (κ1) is 10.2. The monoisotopic (exact) mass is 165 g/mol. The molecule has 0 aliphatic rings. The van der Waals surface area contributed by atoms with Crippen LogP contribution >= 0.6 is 0 Å². The number of hydrogen-bond donors (Lipinski definition) is 2. The Morgan fingerprint density at radius 2 is 1.42 bits per heavy atom. The van der Waals surface area contributed by atoms with Crippen LogP contribution in [0.15, 0.2) is 43.2 Å². The molecule has 0 amide bonds. The Morgan fingerprint density at radius 3 is 1.58 bits per heavy atom. The molecule has 0 aliphatic carbocycles. The average molecular weight is 165 g/mol. The first-order valence-electron chi connectivity index (χ1n) is 3.14. The van der Waals surface area contributed by atoms with Crippen molar-refractivity contribution in [2.45, 2.75) is 0 Å². The zero-order valence-corrected chi connectivity index (χ0v) is 6.59. The summed E-state index contributed by atoms with van der Waals surface area (Å²) in [7, 11) is 0. The Labute approximate surface area is 70.5 Å². The molecule has 12 heavy (non-hydrogen) atoms. The van der Waals surface area contributed by atoms with Crippen molar-refractivity contribution in [3.8, 4) is 0 Å². The molecule has 0 spiro atoms. The van der Waals surface area contributed by atoms with Gasteiger partial charge in [-0.05, 0) is 6.07 Å². The van der Waals surface area contributed by atoms with Gasteiger partial charge in [-0.1, -0.05) is 0 Å². The summed E-state index contributed by atoms with van der Waals surface area (Å²) in [4.78, 5) is 7.44. The number of aromatic nitrogens is 4. The van der Waals surface area contributed by atoms with Crippen molar-refractivity contribution in [2.24, 2.45) is 0 Å². The quantitative estimate of drug-likeness (QED) is 0.610. The Morgan fingerprint density at radius 1 is 0.833 bits per heavy atom. The number of aromatic amines is 1. The van der Waals surface area contributed by atoms with Gasteiger partial charge in [0.1, 0.15) is 0 Å². The van der Waals surface area contributed by atoms with Crippen molar-refractivity contribution in [3.63, 3.8) is 0 Å². The predicted octanol–water partition coefficient (Wildman–Crippen LogP) is 1.05. The van der Waals surface area contributed by atoms with E-state index in [4.69, 9.17) is 0 Å². The highest BCUT2D eigenvalue weighted by Gasteiger charge is 1.59. The molecule has 2 heterocycles. The summed E-state index contributed by atoms with van der Waals surface area (Å²) in [5.74, 6) is 0. The molecular weight excluding hydrogens is 154 g/mol. The van der Waals surface area contributed by atoms with Gasteiger partial charge < -0.3 is 6.15 Å². The fraction of sp³-hybridized carbons (Fsp3) is 0. The highest BCUT2D eigenvalue weighted by Crippen LogP contribution is 1.66. The number of hydrogen-bond acceptors (Lipinski definition) is 4. The fourth-order valence-corrected chi connectivity index (χ4v) is 0.469. The first-order chi connectivity index (χ1) is 5.50. The Balaban J connectivity index is 0.000000189. The maximum Gasteiger partial charge on any atom is 0.0487 e. The van der Waals surface area contributed by atoms with Crippen molar-refractivity contribution in [1.29, 1.82) is 0 Å². The van der Waals surface area contributed by atoms with Gasteiger partial charge >= 0.3 is 0 Å². The molecule has 0 radical (unpaired) electrons. The maximum atomic E-state index is 3.72. The zero-order valence-electron chi connectivity index (χ0n) is 6.59. The number of rotatable bonds is 0. The van der Waals surface area contributed by atoms with Crippen LogP contribution < -0.4 is 6.15 Å². The second kappa shape index (κ2) is 7.36. The fourth-order valence-electron chi connectivity index (χ4n) is 0.469.